The average Bonchev–Trinajstić information content (AvgIpc) is 3.19. The number of amides is 1. The van der Waals surface area contributed by atoms with Crippen molar-refractivity contribution in [2.75, 3.05) is 5.32 Å². The highest BCUT2D eigenvalue weighted by Gasteiger charge is 2.21. The average molecular weight is 365 g/mol. The van der Waals surface area contributed by atoms with Crippen LogP contribution in [0.25, 0.3) is 21.8 Å². The van der Waals surface area contributed by atoms with Crippen LogP contribution in [0.3, 0.4) is 0 Å². The van der Waals surface area contributed by atoms with E-state index in [0.717, 1.165) is 32.5 Å². The van der Waals surface area contributed by atoms with Crippen LogP contribution in [-0.2, 0) is 5.41 Å². The Labute approximate surface area is 154 Å². The molecular formula is C19H19N5OS. The summed E-state index contributed by atoms with van der Waals surface area (Å²) >= 11 is 1.39. The molecule has 0 saturated heterocycles. The molecule has 2 N–H and O–H groups in total. The lowest BCUT2D eigenvalue weighted by Crippen LogP contribution is -2.14. The number of H-pyrrole nitrogens is 1. The lowest BCUT2D eigenvalue weighted by atomic mass is 9.98. The van der Waals surface area contributed by atoms with Crippen LogP contribution in [0.5, 0.6) is 0 Å². The molecule has 4 aromatic rings. The van der Waals surface area contributed by atoms with Crippen molar-refractivity contribution in [1.82, 2.24) is 20.2 Å². The number of carbonyl (C=O) groups excluding carboxylic acids is 1. The Balaban J connectivity index is 1.71. The maximum Gasteiger partial charge on any atom is 0.276 e. The molecule has 132 valence electrons. The second-order valence-electron chi connectivity index (χ2n) is 7.30. The summed E-state index contributed by atoms with van der Waals surface area (Å²) in [5, 5.41) is 14.5. The molecule has 4 rings (SSSR count). The van der Waals surface area contributed by atoms with Gasteiger partial charge in [0.1, 0.15) is 10.7 Å². The molecule has 1 amide bonds. The van der Waals surface area contributed by atoms with Crippen molar-refractivity contribution >= 4 is 44.2 Å². The number of benzene rings is 1. The van der Waals surface area contributed by atoms with E-state index in [1.165, 1.54) is 11.3 Å². The van der Waals surface area contributed by atoms with Gasteiger partial charge in [0, 0.05) is 21.7 Å². The molecule has 0 aliphatic carbocycles. The summed E-state index contributed by atoms with van der Waals surface area (Å²) in [6, 6.07) is 9.85. The van der Waals surface area contributed by atoms with Gasteiger partial charge in [-0.05, 0) is 19.1 Å². The van der Waals surface area contributed by atoms with Gasteiger partial charge in [0.2, 0.25) is 5.13 Å². The lowest BCUT2D eigenvalue weighted by molar-refractivity contribution is 0.102. The van der Waals surface area contributed by atoms with Gasteiger partial charge in [0.25, 0.3) is 5.91 Å². The number of carbonyl (C=O) groups is 1. The van der Waals surface area contributed by atoms with Gasteiger partial charge in [-0.2, -0.15) is 0 Å². The second kappa shape index (κ2) is 5.88. The fourth-order valence-corrected chi connectivity index (χ4v) is 3.66. The first kappa shape index (κ1) is 16.7. The predicted molar refractivity (Wildman–Crippen MR) is 105 cm³/mol. The molecule has 0 spiro atoms. The number of nitrogens with one attached hydrogen (secondary N) is 2. The Hall–Kier alpha value is -2.80. The summed E-state index contributed by atoms with van der Waals surface area (Å²) in [4.78, 5) is 20.5. The van der Waals surface area contributed by atoms with Gasteiger partial charge in [-0.25, -0.2) is 4.98 Å². The number of nitrogens with zero attached hydrogens (tertiary/aromatic N) is 3. The van der Waals surface area contributed by atoms with E-state index in [9.17, 15) is 4.79 Å². The molecule has 0 atom stereocenters. The number of aromatic nitrogens is 4. The van der Waals surface area contributed by atoms with Gasteiger partial charge in [-0.3, -0.25) is 10.1 Å². The SMILES string of the molecule is Cc1nc(C(=O)Nc2nnc(C(C)(C)C)s2)cc2c1[nH]c1ccccc12. The first-order valence-electron chi connectivity index (χ1n) is 8.36. The van der Waals surface area contributed by atoms with Crippen LogP contribution in [0.15, 0.2) is 30.3 Å². The molecule has 0 bridgehead atoms. The zero-order valence-electron chi connectivity index (χ0n) is 15.0. The highest BCUT2D eigenvalue weighted by molar-refractivity contribution is 7.15. The maximum atomic E-state index is 12.7. The van der Waals surface area contributed by atoms with Gasteiger partial charge >= 0.3 is 0 Å². The number of para-hydroxylation sites is 1. The van der Waals surface area contributed by atoms with E-state index in [0.29, 0.717) is 10.8 Å². The molecule has 0 unspecified atom stereocenters. The number of rotatable bonds is 2. The molecule has 0 saturated carbocycles. The van der Waals surface area contributed by atoms with E-state index in [-0.39, 0.29) is 11.3 Å². The molecule has 0 aliphatic heterocycles. The fourth-order valence-electron chi connectivity index (χ4n) is 2.86. The maximum absolute atomic E-state index is 12.7. The number of fused-ring (bicyclic) bond motifs is 3. The summed E-state index contributed by atoms with van der Waals surface area (Å²) in [5.74, 6) is -0.281. The Morgan fingerprint density at radius 1 is 1.15 bits per heavy atom. The molecule has 3 heterocycles. The third kappa shape index (κ3) is 2.84. The van der Waals surface area contributed by atoms with Crippen molar-refractivity contribution in [3.63, 3.8) is 0 Å². The summed E-state index contributed by atoms with van der Waals surface area (Å²) in [5.41, 5.74) is 3.04. The Morgan fingerprint density at radius 2 is 1.92 bits per heavy atom. The standard InChI is InChI=1S/C19H19N5OS/c1-10-15-12(11-7-5-6-8-13(11)21-15)9-14(20-10)16(25)22-18-24-23-17(26-18)19(2,3)4/h5-9,21H,1-4H3,(H,22,24,25). The van der Waals surface area contributed by atoms with Gasteiger partial charge in [0.05, 0.1) is 11.2 Å². The van der Waals surface area contributed by atoms with Gasteiger partial charge in [0.15, 0.2) is 0 Å². The van der Waals surface area contributed by atoms with Crippen LogP contribution in [-0.4, -0.2) is 26.1 Å². The van der Waals surface area contributed by atoms with E-state index in [4.69, 9.17) is 0 Å². The number of hydrogen-bond acceptors (Lipinski definition) is 5. The zero-order valence-corrected chi connectivity index (χ0v) is 15.9. The first-order valence-corrected chi connectivity index (χ1v) is 9.18. The molecule has 3 aromatic heterocycles. The summed E-state index contributed by atoms with van der Waals surface area (Å²) in [6.45, 7) is 8.09. The van der Waals surface area contributed by atoms with Crippen molar-refractivity contribution in [1.29, 1.82) is 0 Å². The molecule has 6 nitrogen and oxygen atoms in total. The number of anilines is 1. The minimum Gasteiger partial charge on any atom is -0.353 e. The zero-order chi connectivity index (χ0) is 18.5. The smallest absolute Gasteiger partial charge is 0.276 e. The van der Waals surface area contributed by atoms with Crippen LogP contribution in [0.4, 0.5) is 5.13 Å². The second-order valence-corrected chi connectivity index (χ2v) is 8.28. The number of hydrogen-bond donors (Lipinski definition) is 2. The van der Waals surface area contributed by atoms with E-state index in [1.54, 1.807) is 0 Å². The van der Waals surface area contributed by atoms with E-state index < -0.39 is 0 Å². The van der Waals surface area contributed by atoms with Crippen molar-refractivity contribution in [3.8, 4) is 0 Å². The van der Waals surface area contributed by atoms with Crippen LogP contribution in [0, 0.1) is 6.92 Å². The quantitative estimate of drug-likeness (QED) is 0.550. The highest BCUT2D eigenvalue weighted by Crippen LogP contribution is 2.29. The molecular weight excluding hydrogens is 346 g/mol. The van der Waals surface area contributed by atoms with E-state index >= 15 is 0 Å². The number of aryl methyl sites for hydroxylation is 1. The molecule has 7 heteroatoms. The predicted octanol–water partition coefficient (Wildman–Crippen LogP) is 4.43. The molecule has 1 aromatic carbocycles. The van der Waals surface area contributed by atoms with Crippen LogP contribution in [0.1, 0.15) is 42.0 Å². The number of pyridine rings is 1. The third-order valence-electron chi connectivity index (χ3n) is 4.20. The van der Waals surface area contributed by atoms with Crippen molar-refractivity contribution in [3.05, 3.63) is 46.7 Å². The molecule has 0 radical (unpaired) electrons. The largest absolute Gasteiger partial charge is 0.353 e. The minimum absolute atomic E-state index is 0.0988. The summed E-state index contributed by atoms with van der Waals surface area (Å²) in [6.07, 6.45) is 0. The topological polar surface area (TPSA) is 83.6 Å². The van der Waals surface area contributed by atoms with Crippen molar-refractivity contribution in [2.24, 2.45) is 0 Å². The Morgan fingerprint density at radius 3 is 2.65 bits per heavy atom. The fraction of sp³-hybridized carbons (Fsp3) is 0.263. The van der Waals surface area contributed by atoms with E-state index in [2.05, 4.69) is 46.3 Å². The molecule has 0 fully saturated rings. The Bertz CT molecular complexity index is 1140. The highest BCUT2D eigenvalue weighted by atomic mass is 32.1. The molecule has 0 aliphatic rings. The number of aromatic amines is 1. The summed E-state index contributed by atoms with van der Waals surface area (Å²) < 4.78 is 0. The third-order valence-corrected chi connectivity index (χ3v) is 5.46. The van der Waals surface area contributed by atoms with Crippen molar-refractivity contribution in [2.45, 2.75) is 33.1 Å². The van der Waals surface area contributed by atoms with Crippen LogP contribution in [0.2, 0.25) is 0 Å². The van der Waals surface area contributed by atoms with Crippen LogP contribution < -0.4 is 5.32 Å². The van der Waals surface area contributed by atoms with E-state index in [1.807, 2.05) is 37.3 Å². The monoisotopic (exact) mass is 365 g/mol. The van der Waals surface area contributed by atoms with Gasteiger partial charge < -0.3 is 4.98 Å². The molecule has 26 heavy (non-hydrogen) atoms. The lowest BCUT2D eigenvalue weighted by Gasteiger charge is -2.12. The van der Waals surface area contributed by atoms with Crippen molar-refractivity contribution < 1.29 is 4.79 Å². The van der Waals surface area contributed by atoms with Gasteiger partial charge in [-0.1, -0.05) is 50.3 Å². The minimum atomic E-state index is -0.281. The Kier molecular flexibility index (Phi) is 3.77. The summed E-state index contributed by atoms with van der Waals surface area (Å²) in [7, 11) is 0. The normalized spacial score (nSPS) is 12.0. The first-order chi connectivity index (χ1) is 12.3. The van der Waals surface area contributed by atoms with Gasteiger partial charge in [-0.15, -0.1) is 10.2 Å². The van der Waals surface area contributed by atoms with Crippen LogP contribution >= 0.6 is 11.3 Å².